The van der Waals surface area contributed by atoms with Crippen LogP contribution in [-0.4, -0.2) is 23.0 Å². The average molecular weight is 354 g/mol. The second-order valence-corrected chi connectivity index (χ2v) is 9.27. The number of carbonyl (C=O) groups is 1. The Hall–Kier alpha value is -0.610. The Labute approximate surface area is 156 Å². The molecule has 4 nitrogen and oxygen atoms in total. The van der Waals surface area contributed by atoms with Crippen LogP contribution in [0.2, 0.25) is 0 Å². The summed E-state index contributed by atoms with van der Waals surface area (Å²) in [4.78, 5) is 12.0. The number of unbranched alkanes of at least 4 members (excludes halogenated alkanes) is 8. The van der Waals surface area contributed by atoms with Gasteiger partial charge in [-0.25, -0.2) is 5.43 Å². The molecule has 1 fully saturated rings. The van der Waals surface area contributed by atoms with E-state index in [4.69, 9.17) is 0 Å². The predicted molar refractivity (Wildman–Crippen MR) is 107 cm³/mol. The summed E-state index contributed by atoms with van der Waals surface area (Å²) in [7, 11) is 0. The van der Waals surface area contributed by atoms with Crippen LogP contribution >= 0.6 is 0 Å². The van der Waals surface area contributed by atoms with Gasteiger partial charge in [0.25, 0.3) is 0 Å². The summed E-state index contributed by atoms with van der Waals surface area (Å²) in [5.41, 5.74) is 6.41. The van der Waals surface area contributed by atoms with E-state index in [9.17, 15) is 4.79 Å². The molecule has 25 heavy (non-hydrogen) atoms. The molecule has 1 amide bonds. The minimum absolute atomic E-state index is 0.0985. The van der Waals surface area contributed by atoms with Crippen LogP contribution in [0.15, 0.2) is 0 Å². The van der Waals surface area contributed by atoms with E-state index in [1.807, 2.05) is 0 Å². The topological polar surface area (TPSA) is 53.2 Å². The summed E-state index contributed by atoms with van der Waals surface area (Å²) in [5.74, 6) is 0.136. The number of amides is 1. The Bertz CT molecular complexity index is 363. The summed E-state index contributed by atoms with van der Waals surface area (Å²) < 4.78 is 0. The van der Waals surface area contributed by atoms with Crippen LogP contribution in [0.1, 0.15) is 112 Å². The zero-order valence-electron chi connectivity index (χ0n) is 17.5. The molecule has 1 rings (SSSR count). The third-order valence-electron chi connectivity index (χ3n) is 5.11. The molecule has 0 unspecified atom stereocenters. The molecule has 0 atom stereocenters. The van der Waals surface area contributed by atoms with Crippen LogP contribution in [0.25, 0.3) is 0 Å². The zero-order valence-corrected chi connectivity index (χ0v) is 17.5. The molecule has 1 heterocycles. The van der Waals surface area contributed by atoms with E-state index < -0.39 is 0 Å². The fourth-order valence-electron chi connectivity index (χ4n) is 4.27. The minimum Gasteiger partial charge on any atom is -0.307 e. The van der Waals surface area contributed by atoms with Crippen molar-refractivity contribution in [3.8, 4) is 0 Å². The first kappa shape index (κ1) is 22.4. The summed E-state index contributed by atoms with van der Waals surface area (Å²) in [6.07, 6.45) is 14.3. The fourth-order valence-corrected chi connectivity index (χ4v) is 4.27. The maximum Gasteiger partial charge on any atom is 0.234 e. The van der Waals surface area contributed by atoms with Crippen molar-refractivity contribution in [2.75, 3.05) is 0 Å². The third-order valence-corrected chi connectivity index (χ3v) is 5.11. The summed E-state index contributed by atoms with van der Waals surface area (Å²) in [6, 6.07) is 0.332. The highest BCUT2D eigenvalue weighted by Crippen LogP contribution is 2.28. The molecule has 0 aromatic rings. The summed E-state index contributed by atoms with van der Waals surface area (Å²) in [5, 5.41) is 3.67. The lowest BCUT2D eigenvalue weighted by atomic mass is 9.80. The van der Waals surface area contributed by atoms with Crippen LogP contribution in [0.5, 0.6) is 0 Å². The van der Waals surface area contributed by atoms with Gasteiger partial charge in [-0.05, 0) is 47.0 Å². The first-order chi connectivity index (χ1) is 11.7. The number of nitrogens with one attached hydrogen (secondary N) is 3. The van der Waals surface area contributed by atoms with E-state index in [0.29, 0.717) is 12.5 Å². The van der Waals surface area contributed by atoms with Crippen LogP contribution in [0.3, 0.4) is 0 Å². The number of hydrazine groups is 1. The standard InChI is InChI=1S/C21H43N3O/c1-6-7-8-9-10-11-12-13-14-15-19(25)23-22-18-16-20(2,3)24-21(4,5)17-18/h18,22,24H,6-17H2,1-5H3,(H,23,25). The molecule has 1 saturated heterocycles. The zero-order chi connectivity index (χ0) is 18.8. The van der Waals surface area contributed by atoms with Crippen LogP contribution in [0.4, 0.5) is 0 Å². The van der Waals surface area contributed by atoms with Gasteiger partial charge in [-0.15, -0.1) is 0 Å². The van der Waals surface area contributed by atoms with Crippen molar-refractivity contribution in [3.63, 3.8) is 0 Å². The van der Waals surface area contributed by atoms with Crippen LogP contribution in [0, 0.1) is 0 Å². The van der Waals surface area contributed by atoms with E-state index in [1.165, 1.54) is 51.4 Å². The molecule has 0 radical (unpaired) electrons. The monoisotopic (exact) mass is 353 g/mol. The SMILES string of the molecule is CCCCCCCCCCCC(=O)NNC1CC(C)(C)NC(C)(C)C1. The van der Waals surface area contributed by atoms with Crippen molar-refractivity contribution in [3.05, 3.63) is 0 Å². The van der Waals surface area contributed by atoms with Crippen molar-refractivity contribution in [1.82, 2.24) is 16.2 Å². The molecule has 0 saturated carbocycles. The van der Waals surface area contributed by atoms with E-state index in [0.717, 1.165) is 19.3 Å². The lowest BCUT2D eigenvalue weighted by molar-refractivity contribution is -0.122. The maximum atomic E-state index is 12.0. The minimum atomic E-state index is 0.0985. The highest BCUT2D eigenvalue weighted by molar-refractivity contribution is 5.75. The van der Waals surface area contributed by atoms with Gasteiger partial charge in [-0.2, -0.15) is 0 Å². The lowest BCUT2D eigenvalue weighted by Gasteiger charge is -2.46. The number of rotatable bonds is 12. The van der Waals surface area contributed by atoms with E-state index in [2.05, 4.69) is 50.8 Å². The molecule has 1 aliphatic rings. The van der Waals surface area contributed by atoms with Crippen molar-refractivity contribution in [2.24, 2.45) is 0 Å². The number of carbonyl (C=O) groups excluding carboxylic acids is 1. The molecule has 4 heteroatoms. The molecule has 0 bridgehead atoms. The molecule has 3 N–H and O–H groups in total. The largest absolute Gasteiger partial charge is 0.307 e. The number of hydrogen-bond acceptors (Lipinski definition) is 3. The smallest absolute Gasteiger partial charge is 0.234 e. The summed E-state index contributed by atoms with van der Waals surface area (Å²) >= 11 is 0. The Balaban J connectivity index is 2.05. The Morgan fingerprint density at radius 1 is 0.880 bits per heavy atom. The van der Waals surface area contributed by atoms with Crippen molar-refractivity contribution in [1.29, 1.82) is 0 Å². The molecular weight excluding hydrogens is 310 g/mol. The van der Waals surface area contributed by atoms with Gasteiger partial charge in [0.05, 0.1) is 0 Å². The van der Waals surface area contributed by atoms with Gasteiger partial charge in [0.15, 0.2) is 0 Å². The lowest BCUT2D eigenvalue weighted by Crippen LogP contribution is -2.63. The quantitative estimate of drug-likeness (QED) is 0.348. The Kier molecular flexibility index (Phi) is 10.0. The van der Waals surface area contributed by atoms with Gasteiger partial charge in [-0.3, -0.25) is 10.2 Å². The van der Waals surface area contributed by atoms with Crippen LogP contribution in [-0.2, 0) is 4.79 Å². The molecule has 0 aromatic carbocycles. The molecule has 148 valence electrons. The van der Waals surface area contributed by atoms with Crippen molar-refractivity contribution >= 4 is 5.91 Å². The normalized spacial score (nSPS) is 19.7. The summed E-state index contributed by atoms with van der Waals surface area (Å²) in [6.45, 7) is 11.2. The molecule has 0 aliphatic carbocycles. The molecule has 0 aromatic heterocycles. The Morgan fingerprint density at radius 2 is 1.36 bits per heavy atom. The number of hydrogen-bond donors (Lipinski definition) is 3. The number of piperidine rings is 1. The highest BCUT2D eigenvalue weighted by atomic mass is 16.2. The van der Waals surface area contributed by atoms with E-state index in [-0.39, 0.29) is 17.0 Å². The highest BCUT2D eigenvalue weighted by Gasteiger charge is 2.37. The van der Waals surface area contributed by atoms with E-state index in [1.54, 1.807) is 0 Å². The second-order valence-electron chi connectivity index (χ2n) is 9.27. The first-order valence-corrected chi connectivity index (χ1v) is 10.6. The van der Waals surface area contributed by atoms with E-state index >= 15 is 0 Å². The molecule has 0 spiro atoms. The molecule has 1 aliphatic heterocycles. The fraction of sp³-hybridized carbons (Fsp3) is 0.952. The van der Waals surface area contributed by atoms with Gasteiger partial charge in [-0.1, -0.05) is 58.3 Å². The molecular formula is C21H43N3O. The van der Waals surface area contributed by atoms with Crippen molar-refractivity contribution < 1.29 is 4.79 Å². The average Bonchev–Trinajstić information content (AvgIpc) is 2.48. The van der Waals surface area contributed by atoms with Gasteiger partial charge < -0.3 is 5.32 Å². The first-order valence-electron chi connectivity index (χ1n) is 10.6. The van der Waals surface area contributed by atoms with Gasteiger partial charge in [0, 0.05) is 23.5 Å². The van der Waals surface area contributed by atoms with Gasteiger partial charge in [0.1, 0.15) is 0 Å². The maximum absolute atomic E-state index is 12.0. The third kappa shape index (κ3) is 10.9. The van der Waals surface area contributed by atoms with Crippen LogP contribution < -0.4 is 16.2 Å². The Morgan fingerprint density at radius 3 is 1.88 bits per heavy atom. The predicted octanol–water partition coefficient (Wildman–Crippen LogP) is 4.84. The van der Waals surface area contributed by atoms with Crippen molar-refractivity contribution in [2.45, 2.75) is 129 Å². The second kappa shape index (κ2) is 11.2. The van der Waals surface area contributed by atoms with Gasteiger partial charge in [0.2, 0.25) is 5.91 Å². The van der Waals surface area contributed by atoms with Gasteiger partial charge >= 0.3 is 0 Å².